The fraction of sp³-hybridized carbons (Fsp3) is 0.125. The van der Waals surface area contributed by atoms with E-state index in [1.165, 1.54) is 24.0 Å². The highest BCUT2D eigenvalue weighted by atomic mass is 16.6. The number of nitro benzene ring substituents is 1. The van der Waals surface area contributed by atoms with Crippen LogP contribution < -0.4 is 10.2 Å². The number of anilines is 2. The van der Waals surface area contributed by atoms with Gasteiger partial charge in [-0.15, -0.1) is 0 Å². The van der Waals surface area contributed by atoms with Gasteiger partial charge in [-0.3, -0.25) is 24.7 Å². The summed E-state index contributed by atoms with van der Waals surface area (Å²) in [4.78, 5) is 41.6. The molecule has 8 heteroatoms. The molecule has 0 radical (unpaired) electrons. The monoisotopic (exact) mass is 428 g/mol. The summed E-state index contributed by atoms with van der Waals surface area (Å²) in [6.07, 6.45) is 0. The number of nitrogens with zero attached hydrogens (tertiary/aromatic N) is 3. The molecule has 0 bridgehead atoms. The maximum atomic E-state index is 12.9. The molecule has 0 saturated heterocycles. The van der Waals surface area contributed by atoms with E-state index in [1.807, 2.05) is 30.3 Å². The number of benzene rings is 3. The summed E-state index contributed by atoms with van der Waals surface area (Å²) < 4.78 is 0. The summed E-state index contributed by atoms with van der Waals surface area (Å²) in [5.74, 6) is -1.19. The number of nitrogens with one attached hydrogen (secondary N) is 1. The molecule has 8 nitrogen and oxygen atoms in total. The van der Waals surface area contributed by atoms with E-state index < -0.39 is 10.8 Å². The number of non-ortho nitro benzene ring substituents is 1. The van der Waals surface area contributed by atoms with Gasteiger partial charge in [0.2, 0.25) is 11.8 Å². The van der Waals surface area contributed by atoms with Gasteiger partial charge in [0.15, 0.2) is 0 Å². The van der Waals surface area contributed by atoms with Crippen LogP contribution >= 0.6 is 0 Å². The summed E-state index contributed by atoms with van der Waals surface area (Å²) in [5, 5.41) is 14.1. The van der Waals surface area contributed by atoms with Gasteiger partial charge in [-0.1, -0.05) is 30.3 Å². The van der Waals surface area contributed by atoms with Gasteiger partial charge in [-0.05, 0) is 35.9 Å². The molecule has 0 aliphatic carbocycles. The lowest BCUT2D eigenvalue weighted by atomic mass is 9.90. The van der Waals surface area contributed by atoms with Crippen molar-refractivity contribution in [3.8, 4) is 0 Å². The minimum Gasteiger partial charge on any atom is -0.325 e. The Hall–Kier alpha value is -4.33. The topological polar surface area (TPSA) is 105 Å². The fourth-order valence-corrected chi connectivity index (χ4v) is 3.61. The first kappa shape index (κ1) is 20.9. The van der Waals surface area contributed by atoms with Crippen LogP contribution in [0.4, 0.5) is 22.7 Å². The maximum Gasteiger partial charge on any atom is 0.269 e. The van der Waals surface area contributed by atoms with E-state index in [0.29, 0.717) is 22.6 Å². The molecule has 1 atom stereocenters. The normalized spacial score (nSPS) is 15.1. The lowest BCUT2D eigenvalue weighted by Crippen LogP contribution is -2.22. The maximum absolute atomic E-state index is 12.9. The quantitative estimate of drug-likeness (QED) is 0.369. The molecule has 1 aliphatic heterocycles. The predicted molar refractivity (Wildman–Crippen MR) is 123 cm³/mol. The lowest BCUT2D eigenvalue weighted by molar-refractivity contribution is -0.384. The van der Waals surface area contributed by atoms with Gasteiger partial charge in [0, 0.05) is 43.0 Å². The molecular formula is C24H20N4O4. The molecule has 3 aromatic rings. The molecule has 2 amide bonds. The zero-order valence-corrected chi connectivity index (χ0v) is 17.5. The van der Waals surface area contributed by atoms with Gasteiger partial charge in [0.25, 0.3) is 5.69 Å². The van der Waals surface area contributed by atoms with Crippen molar-refractivity contribution < 1.29 is 14.5 Å². The summed E-state index contributed by atoms with van der Waals surface area (Å²) in [5.41, 5.74) is 3.49. The van der Waals surface area contributed by atoms with Crippen molar-refractivity contribution in [1.29, 1.82) is 0 Å². The number of hydrogen-bond donors (Lipinski definition) is 1. The molecule has 1 aliphatic rings. The second kappa shape index (κ2) is 8.43. The second-order valence-electron chi connectivity index (χ2n) is 7.41. The third-order valence-corrected chi connectivity index (χ3v) is 5.38. The zero-order valence-electron chi connectivity index (χ0n) is 17.5. The van der Waals surface area contributed by atoms with Crippen LogP contribution in [0.1, 0.15) is 24.0 Å². The first-order chi connectivity index (χ1) is 15.3. The molecule has 1 unspecified atom stereocenters. The average Bonchev–Trinajstić information content (AvgIpc) is 3.12. The number of carbonyl (C=O) groups is 2. The number of fused-ring (bicyclic) bond motifs is 1. The van der Waals surface area contributed by atoms with Crippen molar-refractivity contribution in [3.63, 3.8) is 0 Å². The summed E-state index contributed by atoms with van der Waals surface area (Å²) in [7, 11) is 1.68. The third-order valence-electron chi connectivity index (χ3n) is 5.38. The van der Waals surface area contributed by atoms with Gasteiger partial charge in [0.1, 0.15) is 5.92 Å². The van der Waals surface area contributed by atoms with Crippen molar-refractivity contribution in [3.05, 3.63) is 94.0 Å². The minimum absolute atomic E-state index is 0.0886. The Morgan fingerprint density at radius 1 is 1.06 bits per heavy atom. The van der Waals surface area contributed by atoms with Crippen LogP contribution in [-0.4, -0.2) is 29.5 Å². The van der Waals surface area contributed by atoms with Crippen LogP contribution in [0, 0.1) is 10.1 Å². The molecule has 0 saturated carbocycles. The molecular weight excluding hydrogens is 408 g/mol. The van der Waals surface area contributed by atoms with Gasteiger partial charge < -0.3 is 10.2 Å². The first-order valence-electron chi connectivity index (χ1n) is 9.92. The van der Waals surface area contributed by atoms with Crippen LogP contribution in [0.5, 0.6) is 0 Å². The van der Waals surface area contributed by atoms with Crippen LogP contribution in [-0.2, 0) is 9.59 Å². The number of aliphatic imine (C=N–C) groups is 1. The van der Waals surface area contributed by atoms with E-state index >= 15 is 0 Å². The molecule has 0 aromatic heterocycles. The van der Waals surface area contributed by atoms with Gasteiger partial charge >= 0.3 is 0 Å². The van der Waals surface area contributed by atoms with Gasteiger partial charge in [-0.2, -0.15) is 0 Å². The highest BCUT2D eigenvalue weighted by Gasteiger charge is 2.36. The number of amides is 2. The Morgan fingerprint density at radius 3 is 2.38 bits per heavy atom. The van der Waals surface area contributed by atoms with E-state index in [4.69, 9.17) is 4.99 Å². The van der Waals surface area contributed by atoms with E-state index in [0.717, 1.165) is 11.3 Å². The minimum atomic E-state index is -0.799. The van der Waals surface area contributed by atoms with Crippen LogP contribution in [0.25, 0.3) is 0 Å². The molecule has 160 valence electrons. The summed E-state index contributed by atoms with van der Waals surface area (Å²) >= 11 is 0. The van der Waals surface area contributed by atoms with Crippen molar-refractivity contribution >= 4 is 40.3 Å². The predicted octanol–water partition coefficient (Wildman–Crippen LogP) is 4.43. The first-order valence-corrected chi connectivity index (χ1v) is 9.92. The molecule has 1 heterocycles. The summed E-state index contributed by atoms with van der Waals surface area (Å²) in [6, 6.07) is 20.6. The zero-order chi connectivity index (χ0) is 22.8. The van der Waals surface area contributed by atoms with Gasteiger partial charge in [-0.25, -0.2) is 0 Å². The molecule has 4 rings (SSSR count). The van der Waals surface area contributed by atoms with Crippen molar-refractivity contribution in [1.82, 2.24) is 0 Å². The Morgan fingerprint density at radius 2 is 1.75 bits per heavy atom. The Kier molecular flexibility index (Phi) is 5.51. The van der Waals surface area contributed by atoms with E-state index in [9.17, 15) is 19.7 Å². The smallest absolute Gasteiger partial charge is 0.269 e. The molecule has 3 aromatic carbocycles. The molecule has 0 spiro atoms. The third kappa shape index (κ3) is 3.98. The summed E-state index contributed by atoms with van der Waals surface area (Å²) in [6.45, 7) is 1.48. The molecule has 32 heavy (non-hydrogen) atoms. The Balaban J connectivity index is 1.82. The largest absolute Gasteiger partial charge is 0.325 e. The SMILES string of the molecule is CC(=O)N(C)c1ccc(N=C(c2ccccc2)C2C(=O)Nc3ccc([N+](=O)[O-])cc32)cc1. The number of hydrogen-bond acceptors (Lipinski definition) is 5. The van der Waals surface area contributed by atoms with Crippen molar-refractivity contribution in [2.45, 2.75) is 12.8 Å². The van der Waals surface area contributed by atoms with Crippen LogP contribution in [0.3, 0.4) is 0 Å². The van der Waals surface area contributed by atoms with E-state index in [-0.39, 0.29) is 17.5 Å². The molecule has 1 N–H and O–H groups in total. The standard InChI is InChI=1S/C24H20N4O4/c1-15(29)27(2)18-10-8-17(9-11-18)25-23(16-6-4-3-5-7-16)22-20-14-19(28(31)32)12-13-21(20)26-24(22)30/h3-14,22H,1-2H3,(H,26,30). The second-order valence-corrected chi connectivity index (χ2v) is 7.41. The van der Waals surface area contributed by atoms with Crippen LogP contribution in [0.15, 0.2) is 77.8 Å². The Bertz CT molecular complexity index is 1240. The number of carbonyl (C=O) groups excluding carboxylic acids is 2. The highest BCUT2D eigenvalue weighted by molar-refractivity contribution is 6.24. The number of rotatable bonds is 5. The van der Waals surface area contributed by atoms with Crippen LogP contribution in [0.2, 0.25) is 0 Å². The van der Waals surface area contributed by atoms with Crippen molar-refractivity contribution in [2.75, 3.05) is 17.3 Å². The lowest BCUT2D eigenvalue weighted by Gasteiger charge is -2.16. The fourth-order valence-electron chi connectivity index (χ4n) is 3.61. The van der Waals surface area contributed by atoms with Gasteiger partial charge in [0.05, 0.1) is 16.3 Å². The average molecular weight is 428 g/mol. The molecule has 0 fully saturated rings. The van der Waals surface area contributed by atoms with E-state index in [1.54, 1.807) is 37.4 Å². The van der Waals surface area contributed by atoms with E-state index in [2.05, 4.69) is 5.32 Å². The Labute approximate surface area is 184 Å². The number of nitro groups is 1. The highest BCUT2D eigenvalue weighted by Crippen LogP contribution is 2.38. The van der Waals surface area contributed by atoms with Crippen molar-refractivity contribution in [2.24, 2.45) is 4.99 Å².